The molecule has 0 aliphatic rings. The maximum absolute atomic E-state index is 12.6. The SMILES string of the molecule is CCc1ccccc1NS(=O)(=O)c1ccc(NC(=O)NCC(C)C)cc1. The molecule has 0 atom stereocenters. The van der Waals surface area contributed by atoms with Gasteiger partial charge in [-0.3, -0.25) is 4.72 Å². The molecule has 140 valence electrons. The number of hydrogen-bond donors (Lipinski definition) is 3. The van der Waals surface area contributed by atoms with Crippen LogP contribution in [0.1, 0.15) is 26.3 Å². The van der Waals surface area contributed by atoms with Crippen LogP contribution >= 0.6 is 0 Å². The Kier molecular flexibility index (Phi) is 6.63. The van der Waals surface area contributed by atoms with E-state index in [9.17, 15) is 13.2 Å². The fourth-order valence-corrected chi connectivity index (χ4v) is 3.42. The molecule has 0 bridgehead atoms. The lowest BCUT2D eigenvalue weighted by Gasteiger charge is -2.12. The highest BCUT2D eigenvalue weighted by Gasteiger charge is 2.15. The van der Waals surface area contributed by atoms with Gasteiger partial charge in [-0.1, -0.05) is 39.0 Å². The summed E-state index contributed by atoms with van der Waals surface area (Å²) in [5, 5.41) is 5.42. The average molecular weight is 375 g/mol. The van der Waals surface area contributed by atoms with Crippen molar-refractivity contribution in [3.8, 4) is 0 Å². The molecule has 0 saturated carbocycles. The Bertz CT molecular complexity index is 847. The maximum Gasteiger partial charge on any atom is 0.319 e. The third-order valence-corrected chi connectivity index (χ3v) is 5.12. The first-order chi connectivity index (χ1) is 12.3. The first-order valence-electron chi connectivity index (χ1n) is 8.57. The number of anilines is 2. The van der Waals surface area contributed by atoms with E-state index in [0.29, 0.717) is 23.8 Å². The monoisotopic (exact) mass is 375 g/mol. The quantitative estimate of drug-likeness (QED) is 0.687. The van der Waals surface area contributed by atoms with Gasteiger partial charge in [-0.2, -0.15) is 0 Å². The molecule has 2 amide bonds. The minimum Gasteiger partial charge on any atom is -0.338 e. The van der Waals surface area contributed by atoms with Gasteiger partial charge in [0.15, 0.2) is 0 Å². The number of hydrogen-bond acceptors (Lipinski definition) is 3. The van der Waals surface area contributed by atoms with Crippen LogP contribution in [0.3, 0.4) is 0 Å². The smallest absolute Gasteiger partial charge is 0.319 e. The molecule has 6 nitrogen and oxygen atoms in total. The molecule has 0 aromatic heterocycles. The Balaban J connectivity index is 2.08. The van der Waals surface area contributed by atoms with E-state index < -0.39 is 10.0 Å². The number of benzene rings is 2. The van der Waals surface area contributed by atoms with Gasteiger partial charge < -0.3 is 10.6 Å². The number of carbonyl (C=O) groups excluding carboxylic acids is 1. The summed E-state index contributed by atoms with van der Waals surface area (Å²) in [5.41, 5.74) is 2.03. The van der Waals surface area contributed by atoms with E-state index in [2.05, 4.69) is 15.4 Å². The lowest BCUT2D eigenvalue weighted by Crippen LogP contribution is -2.31. The Labute approximate surface area is 155 Å². The second-order valence-corrected chi connectivity index (χ2v) is 8.05. The summed E-state index contributed by atoms with van der Waals surface area (Å²) in [5.74, 6) is 0.352. The highest BCUT2D eigenvalue weighted by Crippen LogP contribution is 2.21. The van der Waals surface area contributed by atoms with Crippen molar-refractivity contribution in [2.24, 2.45) is 5.92 Å². The summed E-state index contributed by atoms with van der Waals surface area (Å²) in [6.45, 7) is 6.55. The van der Waals surface area contributed by atoms with Crippen molar-refractivity contribution in [2.75, 3.05) is 16.6 Å². The Hall–Kier alpha value is -2.54. The van der Waals surface area contributed by atoms with Crippen molar-refractivity contribution in [1.82, 2.24) is 5.32 Å². The van der Waals surface area contributed by atoms with E-state index in [4.69, 9.17) is 0 Å². The van der Waals surface area contributed by atoms with Gasteiger partial charge in [0.1, 0.15) is 0 Å². The van der Waals surface area contributed by atoms with Crippen LogP contribution in [0.4, 0.5) is 16.2 Å². The first-order valence-corrected chi connectivity index (χ1v) is 10.1. The summed E-state index contributed by atoms with van der Waals surface area (Å²) >= 11 is 0. The summed E-state index contributed by atoms with van der Waals surface area (Å²) in [6, 6.07) is 13.0. The maximum atomic E-state index is 12.6. The number of para-hydroxylation sites is 1. The molecule has 26 heavy (non-hydrogen) atoms. The van der Waals surface area contributed by atoms with Gasteiger partial charge in [-0.05, 0) is 48.2 Å². The lowest BCUT2D eigenvalue weighted by atomic mass is 10.1. The average Bonchev–Trinajstić information content (AvgIpc) is 2.60. The van der Waals surface area contributed by atoms with Gasteiger partial charge in [0.2, 0.25) is 0 Å². The van der Waals surface area contributed by atoms with Crippen LogP contribution in [0.25, 0.3) is 0 Å². The standard InChI is InChI=1S/C19H25N3O3S/c1-4-15-7-5-6-8-18(15)22-26(24,25)17-11-9-16(10-12-17)21-19(23)20-13-14(2)3/h5-12,14,22H,4,13H2,1-3H3,(H2,20,21,23). The molecule has 0 radical (unpaired) electrons. The molecule has 0 fully saturated rings. The normalized spacial score (nSPS) is 11.2. The highest BCUT2D eigenvalue weighted by atomic mass is 32.2. The van der Waals surface area contributed by atoms with Crippen LogP contribution < -0.4 is 15.4 Å². The molecular weight excluding hydrogens is 350 g/mol. The largest absolute Gasteiger partial charge is 0.338 e. The van der Waals surface area contributed by atoms with E-state index >= 15 is 0 Å². The lowest BCUT2D eigenvalue weighted by molar-refractivity contribution is 0.251. The molecular formula is C19H25N3O3S. The van der Waals surface area contributed by atoms with Crippen LogP contribution in [0.5, 0.6) is 0 Å². The van der Waals surface area contributed by atoms with Gasteiger partial charge in [-0.25, -0.2) is 13.2 Å². The molecule has 2 rings (SSSR count). The number of amides is 2. The number of urea groups is 1. The molecule has 3 N–H and O–H groups in total. The third kappa shape index (κ3) is 5.49. The van der Waals surface area contributed by atoms with Gasteiger partial charge in [0.25, 0.3) is 10.0 Å². The number of rotatable bonds is 7. The van der Waals surface area contributed by atoms with E-state index in [1.165, 1.54) is 12.1 Å². The molecule has 0 spiro atoms. The molecule has 0 aliphatic carbocycles. The number of aryl methyl sites for hydroxylation is 1. The van der Waals surface area contributed by atoms with Crippen molar-refractivity contribution < 1.29 is 13.2 Å². The predicted octanol–water partition coefficient (Wildman–Crippen LogP) is 3.83. The van der Waals surface area contributed by atoms with Gasteiger partial charge in [0.05, 0.1) is 10.6 Å². The van der Waals surface area contributed by atoms with Gasteiger partial charge >= 0.3 is 6.03 Å². The summed E-state index contributed by atoms with van der Waals surface area (Å²) < 4.78 is 27.8. The van der Waals surface area contributed by atoms with Crippen LogP contribution in [-0.2, 0) is 16.4 Å². The van der Waals surface area contributed by atoms with Crippen molar-refractivity contribution >= 4 is 27.4 Å². The van der Waals surface area contributed by atoms with Crippen LogP contribution in [0, 0.1) is 5.92 Å². The summed E-state index contributed by atoms with van der Waals surface area (Å²) in [7, 11) is -3.69. The van der Waals surface area contributed by atoms with Crippen molar-refractivity contribution in [3.63, 3.8) is 0 Å². The molecule has 0 aliphatic heterocycles. The zero-order valence-corrected chi connectivity index (χ0v) is 16.1. The van der Waals surface area contributed by atoms with Crippen LogP contribution in [-0.4, -0.2) is 21.0 Å². The Morgan fingerprint density at radius 1 is 1.04 bits per heavy atom. The van der Waals surface area contributed by atoms with Crippen molar-refractivity contribution in [3.05, 3.63) is 54.1 Å². The fraction of sp³-hybridized carbons (Fsp3) is 0.316. The third-order valence-electron chi connectivity index (χ3n) is 3.74. The number of carbonyl (C=O) groups is 1. The highest BCUT2D eigenvalue weighted by molar-refractivity contribution is 7.92. The van der Waals surface area contributed by atoms with Gasteiger partial charge in [-0.15, -0.1) is 0 Å². The Morgan fingerprint density at radius 3 is 2.31 bits per heavy atom. The van der Waals surface area contributed by atoms with E-state index in [1.54, 1.807) is 24.3 Å². The molecule has 0 unspecified atom stereocenters. The second-order valence-electron chi connectivity index (χ2n) is 6.37. The molecule has 2 aromatic rings. The molecule has 7 heteroatoms. The zero-order chi connectivity index (χ0) is 19.2. The molecule has 0 heterocycles. The Morgan fingerprint density at radius 2 is 1.69 bits per heavy atom. The first kappa shape index (κ1) is 19.8. The van der Waals surface area contributed by atoms with Crippen LogP contribution in [0.2, 0.25) is 0 Å². The minimum atomic E-state index is -3.69. The topological polar surface area (TPSA) is 87.3 Å². The predicted molar refractivity (Wildman–Crippen MR) is 105 cm³/mol. The van der Waals surface area contributed by atoms with Crippen molar-refractivity contribution in [1.29, 1.82) is 0 Å². The van der Waals surface area contributed by atoms with E-state index in [1.807, 2.05) is 32.9 Å². The minimum absolute atomic E-state index is 0.136. The van der Waals surface area contributed by atoms with E-state index in [0.717, 1.165) is 12.0 Å². The fourth-order valence-electron chi connectivity index (χ4n) is 2.32. The number of sulfonamides is 1. The molecule has 2 aromatic carbocycles. The van der Waals surface area contributed by atoms with E-state index in [-0.39, 0.29) is 10.9 Å². The number of nitrogens with one attached hydrogen (secondary N) is 3. The second kappa shape index (κ2) is 8.71. The molecule has 0 saturated heterocycles. The summed E-state index contributed by atoms with van der Waals surface area (Å²) in [4.78, 5) is 11.9. The zero-order valence-electron chi connectivity index (χ0n) is 15.2. The summed E-state index contributed by atoms with van der Waals surface area (Å²) in [6.07, 6.45) is 0.729. The van der Waals surface area contributed by atoms with Crippen molar-refractivity contribution in [2.45, 2.75) is 32.1 Å². The van der Waals surface area contributed by atoms with Crippen LogP contribution in [0.15, 0.2) is 53.4 Å². The van der Waals surface area contributed by atoms with Gasteiger partial charge in [0, 0.05) is 12.2 Å².